The third-order valence-electron chi connectivity index (χ3n) is 4.81. The number of nitrogens with one attached hydrogen (secondary N) is 1. The van der Waals surface area contributed by atoms with Crippen LogP contribution in [-0.4, -0.2) is 24.8 Å². The average Bonchev–Trinajstić information content (AvgIpc) is 3.47. The molecule has 7 heteroatoms. The topological polar surface area (TPSA) is 75.7 Å². The minimum absolute atomic E-state index is 0.0149. The number of amides is 2. The monoisotopic (exact) mass is 420 g/mol. The van der Waals surface area contributed by atoms with Crippen molar-refractivity contribution in [2.75, 3.05) is 17.3 Å². The molecule has 0 atom stereocenters. The van der Waals surface area contributed by atoms with E-state index in [0.29, 0.717) is 27.6 Å². The Morgan fingerprint density at radius 1 is 1.00 bits per heavy atom. The van der Waals surface area contributed by atoms with Crippen LogP contribution in [0.1, 0.15) is 32.9 Å². The van der Waals surface area contributed by atoms with Gasteiger partial charge in [-0.15, -0.1) is 11.3 Å². The Labute approximate surface area is 178 Å². The molecule has 1 aromatic heterocycles. The molecule has 2 amide bonds. The highest BCUT2D eigenvalue weighted by Gasteiger charge is 2.33. The summed E-state index contributed by atoms with van der Waals surface area (Å²) < 4.78 is 5.49. The average molecular weight is 420 g/mol. The van der Waals surface area contributed by atoms with Crippen molar-refractivity contribution < 1.29 is 19.1 Å². The van der Waals surface area contributed by atoms with Gasteiger partial charge in [-0.25, -0.2) is 4.79 Å². The molecule has 0 radical (unpaired) electrons. The zero-order valence-electron chi connectivity index (χ0n) is 16.3. The summed E-state index contributed by atoms with van der Waals surface area (Å²) in [5.74, 6) is -0.319. The molecule has 6 nitrogen and oxygen atoms in total. The molecule has 1 fully saturated rings. The molecule has 1 saturated carbocycles. The summed E-state index contributed by atoms with van der Waals surface area (Å²) in [5, 5.41) is 4.63. The van der Waals surface area contributed by atoms with Crippen LogP contribution in [0.5, 0.6) is 5.75 Å². The molecule has 0 bridgehead atoms. The number of rotatable bonds is 6. The molecule has 1 N–H and O–H groups in total. The molecule has 0 unspecified atom stereocenters. The smallest absolute Gasteiger partial charge is 0.345 e. The van der Waals surface area contributed by atoms with Crippen molar-refractivity contribution in [1.29, 1.82) is 0 Å². The number of thiophene rings is 1. The fourth-order valence-corrected chi connectivity index (χ4v) is 3.65. The number of hydrogen-bond acceptors (Lipinski definition) is 5. The number of esters is 1. The highest BCUT2D eigenvalue weighted by atomic mass is 32.1. The van der Waals surface area contributed by atoms with Crippen LogP contribution in [0.2, 0.25) is 0 Å². The molecule has 0 saturated heterocycles. The van der Waals surface area contributed by atoms with Gasteiger partial charge in [-0.05, 0) is 60.7 Å². The summed E-state index contributed by atoms with van der Waals surface area (Å²) >= 11 is 1.36. The number of nitrogens with zero attached hydrogens (tertiary/aromatic N) is 1. The molecule has 1 heterocycles. The van der Waals surface area contributed by atoms with Gasteiger partial charge in [-0.1, -0.05) is 18.2 Å². The van der Waals surface area contributed by atoms with E-state index in [1.165, 1.54) is 16.2 Å². The van der Waals surface area contributed by atoms with Crippen molar-refractivity contribution in [1.82, 2.24) is 0 Å². The van der Waals surface area contributed by atoms with E-state index in [0.717, 1.165) is 12.8 Å². The Bertz CT molecular complexity index is 1070. The third-order valence-corrected chi connectivity index (χ3v) is 5.68. The van der Waals surface area contributed by atoms with Gasteiger partial charge in [0.05, 0.1) is 16.1 Å². The van der Waals surface area contributed by atoms with Crippen molar-refractivity contribution in [3.05, 3.63) is 76.5 Å². The molecular weight excluding hydrogens is 400 g/mol. The Morgan fingerprint density at radius 2 is 1.73 bits per heavy atom. The lowest BCUT2D eigenvalue weighted by Crippen LogP contribution is -2.29. The second-order valence-electron chi connectivity index (χ2n) is 7.03. The van der Waals surface area contributed by atoms with E-state index in [1.54, 1.807) is 61.6 Å². The minimum atomic E-state index is -0.545. The van der Waals surface area contributed by atoms with E-state index in [9.17, 15) is 14.4 Å². The second kappa shape index (κ2) is 8.51. The lowest BCUT2D eigenvalue weighted by Gasteiger charge is -2.20. The van der Waals surface area contributed by atoms with Gasteiger partial charge in [-0.2, -0.15) is 0 Å². The van der Waals surface area contributed by atoms with Crippen LogP contribution < -0.4 is 15.0 Å². The summed E-state index contributed by atoms with van der Waals surface area (Å²) in [6, 6.07) is 17.0. The summed E-state index contributed by atoms with van der Waals surface area (Å²) in [5.41, 5.74) is 1.45. The molecule has 0 aliphatic heterocycles. The number of carbonyl (C=O) groups excluding carboxylic acids is 3. The predicted molar refractivity (Wildman–Crippen MR) is 116 cm³/mol. The number of anilines is 2. The predicted octanol–water partition coefficient (Wildman–Crippen LogP) is 4.59. The summed E-state index contributed by atoms with van der Waals surface area (Å²) in [6.45, 7) is 0. The van der Waals surface area contributed by atoms with Gasteiger partial charge in [0.1, 0.15) is 5.75 Å². The van der Waals surface area contributed by atoms with Crippen LogP contribution >= 0.6 is 11.3 Å². The normalized spacial score (nSPS) is 12.8. The van der Waals surface area contributed by atoms with Crippen molar-refractivity contribution >= 4 is 40.5 Å². The molecule has 2 aromatic carbocycles. The first-order chi connectivity index (χ1) is 14.5. The Balaban J connectivity index is 1.44. The van der Waals surface area contributed by atoms with Crippen LogP contribution in [0.25, 0.3) is 0 Å². The standard InChI is InChI=1S/C23H20N2O4S/c1-25(22(27)15-8-9-15)19-6-3-2-5-18(19)23(28)29-17-12-10-16(11-13-17)24-21(26)20-7-4-14-30-20/h2-7,10-15H,8-9H2,1H3,(H,24,26). The molecule has 1 aliphatic carbocycles. The number of ether oxygens (including phenoxy) is 1. The highest BCUT2D eigenvalue weighted by Crippen LogP contribution is 2.33. The van der Waals surface area contributed by atoms with E-state index in [2.05, 4.69) is 5.32 Å². The minimum Gasteiger partial charge on any atom is -0.423 e. The zero-order valence-corrected chi connectivity index (χ0v) is 17.1. The van der Waals surface area contributed by atoms with Gasteiger partial charge >= 0.3 is 5.97 Å². The molecule has 30 heavy (non-hydrogen) atoms. The number of benzene rings is 2. The van der Waals surface area contributed by atoms with Gasteiger partial charge in [0, 0.05) is 18.7 Å². The zero-order chi connectivity index (χ0) is 21.1. The van der Waals surface area contributed by atoms with E-state index in [-0.39, 0.29) is 17.7 Å². The van der Waals surface area contributed by atoms with Crippen molar-refractivity contribution in [3.8, 4) is 5.75 Å². The Morgan fingerprint density at radius 3 is 2.40 bits per heavy atom. The van der Waals surface area contributed by atoms with Crippen LogP contribution in [0, 0.1) is 5.92 Å². The van der Waals surface area contributed by atoms with Gasteiger partial charge in [0.25, 0.3) is 5.91 Å². The summed E-state index contributed by atoms with van der Waals surface area (Å²) in [7, 11) is 1.68. The molecular formula is C23H20N2O4S. The maximum atomic E-state index is 12.7. The van der Waals surface area contributed by atoms with Crippen LogP contribution in [-0.2, 0) is 4.79 Å². The Hall–Kier alpha value is -3.45. The fourth-order valence-electron chi connectivity index (χ4n) is 3.03. The molecule has 3 aromatic rings. The lowest BCUT2D eigenvalue weighted by molar-refractivity contribution is -0.119. The molecule has 4 rings (SSSR count). The van der Waals surface area contributed by atoms with Crippen molar-refractivity contribution in [2.24, 2.45) is 5.92 Å². The van der Waals surface area contributed by atoms with Crippen LogP contribution in [0.3, 0.4) is 0 Å². The van der Waals surface area contributed by atoms with Gasteiger partial charge < -0.3 is 15.0 Å². The number of carbonyl (C=O) groups is 3. The van der Waals surface area contributed by atoms with Crippen LogP contribution in [0.4, 0.5) is 11.4 Å². The highest BCUT2D eigenvalue weighted by molar-refractivity contribution is 7.12. The van der Waals surface area contributed by atoms with E-state index in [4.69, 9.17) is 4.74 Å². The van der Waals surface area contributed by atoms with E-state index >= 15 is 0 Å². The van der Waals surface area contributed by atoms with Gasteiger partial charge in [-0.3, -0.25) is 9.59 Å². The number of hydrogen-bond donors (Lipinski definition) is 1. The fraction of sp³-hybridized carbons (Fsp3) is 0.174. The quantitative estimate of drug-likeness (QED) is 0.467. The summed E-state index contributed by atoms with van der Waals surface area (Å²) in [6.07, 6.45) is 1.79. The van der Waals surface area contributed by atoms with Crippen molar-refractivity contribution in [2.45, 2.75) is 12.8 Å². The lowest BCUT2D eigenvalue weighted by atomic mass is 10.1. The van der Waals surface area contributed by atoms with Crippen molar-refractivity contribution in [3.63, 3.8) is 0 Å². The summed E-state index contributed by atoms with van der Waals surface area (Å²) in [4.78, 5) is 39.4. The molecule has 152 valence electrons. The molecule has 0 spiro atoms. The number of para-hydroxylation sites is 1. The van der Waals surface area contributed by atoms with E-state index < -0.39 is 5.97 Å². The maximum absolute atomic E-state index is 12.7. The van der Waals surface area contributed by atoms with E-state index in [1.807, 2.05) is 11.4 Å². The first-order valence-corrected chi connectivity index (χ1v) is 10.4. The molecule has 1 aliphatic rings. The first-order valence-electron chi connectivity index (χ1n) is 9.56. The maximum Gasteiger partial charge on any atom is 0.345 e. The largest absolute Gasteiger partial charge is 0.423 e. The SMILES string of the molecule is CN(C(=O)C1CC1)c1ccccc1C(=O)Oc1ccc(NC(=O)c2cccs2)cc1. The second-order valence-corrected chi connectivity index (χ2v) is 7.98. The van der Waals surface area contributed by atoms with Crippen LogP contribution in [0.15, 0.2) is 66.0 Å². The Kier molecular flexibility index (Phi) is 5.63. The third kappa shape index (κ3) is 4.41. The van der Waals surface area contributed by atoms with Gasteiger partial charge in [0.2, 0.25) is 5.91 Å². The van der Waals surface area contributed by atoms with Gasteiger partial charge in [0.15, 0.2) is 0 Å². The first kappa shape index (κ1) is 19.8.